The number of halogens is 3. The van der Waals surface area contributed by atoms with E-state index in [1.165, 1.54) is 6.07 Å². The van der Waals surface area contributed by atoms with E-state index in [1.807, 2.05) is 0 Å². The third-order valence-corrected chi connectivity index (χ3v) is 6.26. The summed E-state index contributed by atoms with van der Waals surface area (Å²) in [5, 5.41) is 9.66. The molecule has 1 aliphatic carbocycles. The van der Waals surface area contributed by atoms with Gasteiger partial charge in [-0.15, -0.1) is 0 Å². The van der Waals surface area contributed by atoms with Gasteiger partial charge in [0.1, 0.15) is 23.3 Å². The van der Waals surface area contributed by atoms with Crippen LogP contribution in [0.15, 0.2) is 30.6 Å². The van der Waals surface area contributed by atoms with Gasteiger partial charge in [0.25, 0.3) is 0 Å². The maximum absolute atomic E-state index is 14.2. The molecule has 2 heterocycles. The molecule has 0 radical (unpaired) electrons. The Morgan fingerprint density at radius 2 is 1.80 bits per heavy atom. The first-order chi connectivity index (χ1) is 14.4. The Hall–Kier alpha value is -2.82. The Kier molecular flexibility index (Phi) is 5.54. The van der Waals surface area contributed by atoms with Crippen molar-refractivity contribution in [3.05, 3.63) is 42.1 Å². The highest BCUT2D eigenvalue weighted by atomic mass is 19.3. The number of imidazole rings is 1. The molecule has 1 aromatic carbocycles. The van der Waals surface area contributed by atoms with E-state index in [1.54, 1.807) is 34.0 Å². The molecule has 0 bridgehead atoms. The number of rotatable bonds is 3. The third kappa shape index (κ3) is 3.93. The van der Waals surface area contributed by atoms with E-state index in [9.17, 15) is 23.2 Å². The minimum Gasteiger partial charge on any atom is -0.342 e. The molecule has 8 heteroatoms. The highest BCUT2D eigenvalue weighted by Crippen LogP contribution is 2.37. The van der Waals surface area contributed by atoms with E-state index in [4.69, 9.17) is 0 Å². The van der Waals surface area contributed by atoms with E-state index in [0.717, 1.165) is 0 Å². The van der Waals surface area contributed by atoms with Gasteiger partial charge in [0.2, 0.25) is 11.8 Å². The Balaban J connectivity index is 1.43. The van der Waals surface area contributed by atoms with Crippen LogP contribution in [0, 0.1) is 23.1 Å². The fraction of sp³-hybridized carbons (Fsp3) is 0.500. The zero-order chi connectivity index (χ0) is 21.3. The summed E-state index contributed by atoms with van der Waals surface area (Å²) >= 11 is 0. The molecule has 0 spiro atoms. The molecule has 0 atom stereocenters. The maximum atomic E-state index is 14.2. The fourth-order valence-corrected chi connectivity index (χ4v) is 4.51. The number of alkyl halides is 2. The molecule has 0 unspecified atom stereocenters. The summed E-state index contributed by atoms with van der Waals surface area (Å²) in [4.78, 5) is 18.8. The monoisotopic (exact) mass is 416 g/mol. The molecule has 4 rings (SSSR count). The first kappa shape index (κ1) is 20.5. The largest absolute Gasteiger partial charge is 0.342 e. The SMILES string of the molecule is N#Cc1c(-c2ccccc2F)ncn1C1CCN(C(=O)C2CCC(F)(F)CC2)CC1. The van der Waals surface area contributed by atoms with Crippen LogP contribution in [0.3, 0.4) is 0 Å². The Bertz CT molecular complexity index is 963. The number of hydrogen-bond donors (Lipinski definition) is 0. The van der Waals surface area contributed by atoms with Gasteiger partial charge in [-0.3, -0.25) is 4.79 Å². The standard InChI is InChI=1S/C22H23F3N4O/c23-18-4-2-1-3-17(18)20-19(13-26)29(14-27-20)16-7-11-28(12-8-16)21(30)15-5-9-22(24,25)10-6-15/h1-4,14-16H,5-12H2. The van der Waals surface area contributed by atoms with Crippen LogP contribution in [0.2, 0.25) is 0 Å². The van der Waals surface area contributed by atoms with Crippen LogP contribution < -0.4 is 0 Å². The lowest BCUT2D eigenvalue weighted by atomic mass is 9.85. The summed E-state index contributed by atoms with van der Waals surface area (Å²) in [5.41, 5.74) is 0.908. The molecule has 1 saturated carbocycles. The minimum atomic E-state index is -2.64. The van der Waals surface area contributed by atoms with Gasteiger partial charge in [0, 0.05) is 43.5 Å². The van der Waals surface area contributed by atoms with Crippen LogP contribution >= 0.6 is 0 Å². The second-order valence-corrected chi connectivity index (χ2v) is 8.13. The smallest absolute Gasteiger partial charge is 0.248 e. The second-order valence-electron chi connectivity index (χ2n) is 8.13. The number of piperidine rings is 1. The summed E-state index contributed by atoms with van der Waals surface area (Å²) < 4.78 is 42.6. The zero-order valence-corrected chi connectivity index (χ0v) is 16.5. The van der Waals surface area contributed by atoms with E-state index in [2.05, 4.69) is 11.1 Å². The molecule has 158 valence electrons. The van der Waals surface area contributed by atoms with Gasteiger partial charge < -0.3 is 9.47 Å². The van der Waals surface area contributed by atoms with Crippen molar-refractivity contribution in [3.63, 3.8) is 0 Å². The number of aromatic nitrogens is 2. The van der Waals surface area contributed by atoms with Gasteiger partial charge in [-0.25, -0.2) is 18.2 Å². The molecule has 30 heavy (non-hydrogen) atoms. The van der Waals surface area contributed by atoms with Gasteiger partial charge in [0.15, 0.2) is 0 Å². The number of carbonyl (C=O) groups excluding carboxylic acids is 1. The van der Waals surface area contributed by atoms with Crippen molar-refractivity contribution in [1.82, 2.24) is 14.5 Å². The van der Waals surface area contributed by atoms with Crippen molar-refractivity contribution in [2.75, 3.05) is 13.1 Å². The number of nitriles is 1. The Morgan fingerprint density at radius 1 is 1.13 bits per heavy atom. The van der Waals surface area contributed by atoms with Gasteiger partial charge in [-0.1, -0.05) is 12.1 Å². The Morgan fingerprint density at radius 3 is 2.43 bits per heavy atom. The Labute approximate surface area is 173 Å². The number of amides is 1. The van der Waals surface area contributed by atoms with Crippen molar-refractivity contribution >= 4 is 5.91 Å². The van der Waals surface area contributed by atoms with Crippen LogP contribution in [0.4, 0.5) is 13.2 Å². The molecule has 1 amide bonds. The molecular weight excluding hydrogens is 393 g/mol. The maximum Gasteiger partial charge on any atom is 0.248 e. The number of hydrogen-bond acceptors (Lipinski definition) is 3. The summed E-state index contributed by atoms with van der Waals surface area (Å²) in [5.74, 6) is -3.44. The molecule has 2 fully saturated rings. The fourth-order valence-electron chi connectivity index (χ4n) is 4.51. The van der Waals surface area contributed by atoms with E-state index < -0.39 is 11.7 Å². The van der Waals surface area contributed by atoms with Crippen LogP contribution in [-0.4, -0.2) is 39.4 Å². The highest BCUT2D eigenvalue weighted by molar-refractivity contribution is 5.79. The normalized spacial score (nSPS) is 20.1. The van der Waals surface area contributed by atoms with E-state index in [0.29, 0.717) is 37.3 Å². The highest BCUT2D eigenvalue weighted by Gasteiger charge is 2.39. The van der Waals surface area contributed by atoms with Crippen molar-refractivity contribution in [1.29, 1.82) is 5.26 Å². The molecular formula is C22H23F3N4O. The summed E-state index contributed by atoms with van der Waals surface area (Å²) in [7, 11) is 0. The number of benzene rings is 1. The number of likely N-dealkylation sites (tertiary alicyclic amines) is 1. The van der Waals surface area contributed by atoms with Crippen molar-refractivity contribution < 1.29 is 18.0 Å². The third-order valence-electron chi connectivity index (χ3n) is 6.26. The summed E-state index contributed by atoms with van der Waals surface area (Å²) in [6, 6.07) is 8.33. The quantitative estimate of drug-likeness (QED) is 0.738. The molecule has 1 aliphatic heterocycles. The van der Waals surface area contributed by atoms with Gasteiger partial charge >= 0.3 is 0 Å². The molecule has 1 aromatic heterocycles. The van der Waals surface area contributed by atoms with Gasteiger partial charge in [-0.2, -0.15) is 5.26 Å². The molecule has 2 aromatic rings. The molecule has 5 nitrogen and oxygen atoms in total. The van der Waals surface area contributed by atoms with Crippen LogP contribution in [0.1, 0.15) is 50.3 Å². The topological polar surface area (TPSA) is 61.9 Å². The minimum absolute atomic E-state index is 0.0209. The van der Waals surface area contributed by atoms with E-state index >= 15 is 0 Å². The zero-order valence-electron chi connectivity index (χ0n) is 16.5. The lowest BCUT2D eigenvalue weighted by Gasteiger charge is -2.36. The lowest BCUT2D eigenvalue weighted by molar-refractivity contribution is -0.141. The lowest BCUT2D eigenvalue weighted by Crippen LogP contribution is -2.43. The summed E-state index contributed by atoms with van der Waals surface area (Å²) in [6.07, 6.45) is 2.85. The number of nitrogens with zero attached hydrogens (tertiary/aromatic N) is 4. The van der Waals surface area contributed by atoms with Crippen molar-refractivity contribution in [2.45, 2.75) is 50.5 Å². The average molecular weight is 416 g/mol. The molecule has 1 saturated heterocycles. The predicted octanol–water partition coefficient (Wildman–Crippen LogP) is 4.55. The average Bonchev–Trinajstić information content (AvgIpc) is 3.17. The predicted molar refractivity (Wildman–Crippen MR) is 104 cm³/mol. The van der Waals surface area contributed by atoms with Crippen LogP contribution in [0.25, 0.3) is 11.3 Å². The van der Waals surface area contributed by atoms with Crippen molar-refractivity contribution in [3.8, 4) is 17.3 Å². The second kappa shape index (κ2) is 8.13. The van der Waals surface area contributed by atoms with Crippen LogP contribution in [0.5, 0.6) is 0 Å². The van der Waals surface area contributed by atoms with Gasteiger partial charge in [0.05, 0.1) is 6.33 Å². The van der Waals surface area contributed by atoms with E-state index in [-0.39, 0.29) is 49.1 Å². The number of carbonyl (C=O) groups is 1. The summed E-state index contributed by atoms with van der Waals surface area (Å²) in [6.45, 7) is 1.02. The molecule has 0 N–H and O–H groups in total. The van der Waals surface area contributed by atoms with Gasteiger partial charge in [-0.05, 0) is 37.8 Å². The first-order valence-electron chi connectivity index (χ1n) is 10.3. The van der Waals surface area contributed by atoms with Crippen LogP contribution in [-0.2, 0) is 4.79 Å². The van der Waals surface area contributed by atoms with Crippen molar-refractivity contribution in [2.24, 2.45) is 5.92 Å². The molecule has 2 aliphatic rings. The first-order valence-corrected chi connectivity index (χ1v) is 10.3.